The zero-order chi connectivity index (χ0) is 11.4. The molecule has 1 aromatic rings. The van der Waals surface area contributed by atoms with Gasteiger partial charge in [0.15, 0.2) is 6.10 Å². The predicted molar refractivity (Wildman–Crippen MR) is 56.7 cm³/mol. The molecule has 2 atom stereocenters. The maximum absolute atomic E-state index is 11.2. The summed E-state index contributed by atoms with van der Waals surface area (Å²) in [6, 6.07) is 1.69. The molecule has 0 fully saturated rings. The van der Waals surface area contributed by atoms with E-state index >= 15 is 0 Å². The van der Waals surface area contributed by atoms with Crippen LogP contribution in [-0.4, -0.2) is 28.9 Å². The van der Waals surface area contributed by atoms with Crippen LogP contribution in [0.25, 0.3) is 0 Å². The minimum absolute atomic E-state index is 0.186. The van der Waals surface area contributed by atoms with Crippen molar-refractivity contribution in [2.24, 2.45) is 0 Å². The third-order valence-corrected chi connectivity index (χ3v) is 2.91. The van der Waals surface area contributed by atoms with E-state index in [9.17, 15) is 15.0 Å². The highest BCUT2D eigenvalue weighted by Gasteiger charge is 2.28. The number of carbonyl (C=O) groups excluding carboxylic acids is 1. The van der Waals surface area contributed by atoms with Crippen LogP contribution in [-0.2, 0) is 9.53 Å². The van der Waals surface area contributed by atoms with Crippen LogP contribution in [0.2, 0.25) is 0 Å². The van der Waals surface area contributed by atoms with Crippen LogP contribution in [0.4, 0.5) is 0 Å². The van der Waals surface area contributed by atoms with Crippen molar-refractivity contribution in [1.29, 1.82) is 0 Å². The summed E-state index contributed by atoms with van der Waals surface area (Å²) in [5, 5.41) is 21.0. The molecule has 0 saturated carbocycles. The number of esters is 1. The van der Waals surface area contributed by atoms with E-state index in [0.29, 0.717) is 5.56 Å². The summed E-state index contributed by atoms with van der Waals surface area (Å²) in [5.74, 6) is -0.796. The molecule has 0 spiro atoms. The molecule has 0 aliphatic rings. The number of aliphatic hydroxyl groups is 2. The van der Waals surface area contributed by atoms with Gasteiger partial charge >= 0.3 is 5.97 Å². The maximum atomic E-state index is 11.2. The van der Waals surface area contributed by atoms with Gasteiger partial charge in [-0.25, -0.2) is 4.79 Å². The molecule has 0 radical (unpaired) electrons. The Morgan fingerprint density at radius 1 is 1.60 bits per heavy atom. The number of hydrogen-bond acceptors (Lipinski definition) is 5. The Morgan fingerprint density at radius 2 is 2.27 bits per heavy atom. The number of hydrogen-bond donors (Lipinski definition) is 2. The van der Waals surface area contributed by atoms with Gasteiger partial charge in [-0.1, -0.05) is 0 Å². The Kier molecular flexibility index (Phi) is 4.26. The number of carbonyl (C=O) groups is 1. The molecule has 0 aliphatic heterocycles. The van der Waals surface area contributed by atoms with Gasteiger partial charge in [0.05, 0.1) is 6.61 Å². The van der Waals surface area contributed by atoms with Gasteiger partial charge in [-0.15, -0.1) is 11.3 Å². The minimum atomic E-state index is -1.52. The highest BCUT2D eigenvalue weighted by molar-refractivity contribution is 7.10. The predicted octanol–water partition coefficient (Wildman–Crippen LogP) is 1.01. The molecule has 0 amide bonds. The quantitative estimate of drug-likeness (QED) is 0.758. The van der Waals surface area contributed by atoms with Crippen LogP contribution in [0.5, 0.6) is 0 Å². The summed E-state index contributed by atoms with van der Waals surface area (Å²) in [7, 11) is 0. The monoisotopic (exact) mass is 230 g/mol. The van der Waals surface area contributed by atoms with Crippen molar-refractivity contribution in [2.75, 3.05) is 6.61 Å². The van der Waals surface area contributed by atoms with Crippen LogP contribution >= 0.6 is 11.3 Å². The molecule has 84 valence electrons. The lowest BCUT2D eigenvalue weighted by atomic mass is 10.1. The Hall–Kier alpha value is -0.910. The Morgan fingerprint density at radius 3 is 2.73 bits per heavy atom. The molecule has 1 heterocycles. The number of ether oxygens (including phenoxy) is 1. The van der Waals surface area contributed by atoms with Gasteiger partial charge in [0, 0.05) is 4.88 Å². The van der Waals surface area contributed by atoms with Gasteiger partial charge in [-0.2, -0.15) is 0 Å². The summed E-state index contributed by atoms with van der Waals surface area (Å²) >= 11 is 1.45. The van der Waals surface area contributed by atoms with Crippen molar-refractivity contribution in [1.82, 2.24) is 0 Å². The fraction of sp³-hybridized carbons (Fsp3) is 0.500. The molecule has 1 rings (SSSR count). The Bertz CT molecular complexity index is 334. The van der Waals surface area contributed by atoms with E-state index in [1.165, 1.54) is 11.3 Å². The van der Waals surface area contributed by atoms with Gasteiger partial charge in [-0.05, 0) is 30.9 Å². The van der Waals surface area contributed by atoms with Gasteiger partial charge < -0.3 is 14.9 Å². The summed E-state index contributed by atoms with van der Waals surface area (Å²) in [5.41, 5.74) is 0.570. The highest BCUT2D eigenvalue weighted by atomic mass is 32.1. The molecule has 2 unspecified atom stereocenters. The van der Waals surface area contributed by atoms with Crippen LogP contribution in [0, 0.1) is 6.92 Å². The first-order valence-corrected chi connectivity index (χ1v) is 5.52. The molecule has 0 saturated heterocycles. The first-order chi connectivity index (χ1) is 7.07. The SMILES string of the molecule is CCOC(=O)C(O)C(O)c1ccsc1C. The summed E-state index contributed by atoms with van der Waals surface area (Å²) in [6.45, 7) is 3.65. The fourth-order valence-corrected chi connectivity index (χ4v) is 1.97. The third-order valence-electron chi connectivity index (χ3n) is 2.04. The van der Waals surface area contributed by atoms with E-state index in [4.69, 9.17) is 0 Å². The van der Waals surface area contributed by atoms with Crippen LogP contribution in [0.15, 0.2) is 11.4 Å². The van der Waals surface area contributed by atoms with Crippen LogP contribution in [0.1, 0.15) is 23.5 Å². The number of thiophene rings is 1. The van der Waals surface area contributed by atoms with Crippen molar-refractivity contribution in [3.8, 4) is 0 Å². The Balaban J connectivity index is 2.72. The zero-order valence-corrected chi connectivity index (χ0v) is 9.45. The summed E-state index contributed by atoms with van der Waals surface area (Å²) in [4.78, 5) is 12.0. The van der Waals surface area contributed by atoms with Crippen LogP contribution < -0.4 is 0 Å². The number of aliphatic hydroxyl groups excluding tert-OH is 2. The maximum Gasteiger partial charge on any atom is 0.338 e. The van der Waals surface area contributed by atoms with E-state index in [-0.39, 0.29) is 6.61 Å². The fourth-order valence-electron chi connectivity index (χ4n) is 1.23. The van der Waals surface area contributed by atoms with Crippen LogP contribution in [0.3, 0.4) is 0 Å². The van der Waals surface area contributed by atoms with Gasteiger partial charge in [-0.3, -0.25) is 0 Å². The molecular weight excluding hydrogens is 216 g/mol. The minimum Gasteiger partial charge on any atom is -0.464 e. The molecule has 0 aliphatic carbocycles. The highest BCUT2D eigenvalue weighted by Crippen LogP contribution is 2.25. The first-order valence-electron chi connectivity index (χ1n) is 4.64. The lowest BCUT2D eigenvalue weighted by Crippen LogP contribution is -2.29. The number of aryl methyl sites for hydroxylation is 1. The molecule has 1 aromatic heterocycles. The van der Waals surface area contributed by atoms with Gasteiger partial charge in [0.1, 0.15) is 6.10 Å². The largest absolute Gasteiger partial charge is 0.464 e. The van der Waals surface area contributed by atoms with E-state index < -0.39 is 18.2 Å². The number of rotatable bonds is 4. The molecule has 4 nitrogen and oxygen atoms in total. The van der Waals surface area contributed by atoms with Gasteiger partial charge in [0.2, 0.25) is 0 Å². The smallest absolute Gasteiger partial charge is 0.338 e. The molecular formula is C10H14O4S. The molecule has 0 aromatic carbocycles. The van der Waals surface area contributed by atoms with E-state index in [1.54, 1.807) is 18.4 Å². The van der Waals surface area contributed by atoms with Crippen molar-refractivity contribution in [2.45, 2.75) is 26.1 Å². The molecule has 15 heavy (non-hydrogen) atoms. The van der Waals surface area contributed by atoms with Crippen molar-refractivity contribution in [3.05, 3.63) is 21.9 Å². The lowest BCUT2D eigenvalue weighted by molar-refractivity contribution is -0.159. The summed E-state index contributed by atoms with van der Waals surface area (Å²) < 4.78 is 4.62. The summed E-state index contributed by atoms with van der Waals surface area (Å²) in [6.07, 6.45) is -2.73. The lowest BCUT2D eigenvalue weighted by Gasteiger charge is -2.16. The van der Waals surface area contributed by atoms with E-state index in [2.05, 4.69) is 4.74 Å². The molecule has 0 bridgehead atoms. The van der Waals surface area contributed by atoms with E-state index in [1.807, 2.05) is 6.92 Å². The third kappa shape index (κ3) is 2.77. The average molecular weight is 230 g/mol. The standard InChI is InChI=1S/C10H14O4S/c1-3-14-10(13)9(12)8(11)7-4-5-15-6(7)2/h4-5,8-9,11-12H,3H2,1-2H3. The van der Waals surface area contributed by atoms with Crippen molar-refractivity contribution < 1.29 is 19.7 Å². The molecule has 2 N–H and O–H groups in total. The first kappa shape index (κ1) is 12.2. The second-order valence-corrected chi connectivity index (χ2v) is 4.19. The average Bonchev–Trinajstić information content (AvgIpc) is 2.62. The molecule has 5 heteroatoms. The topological polar surface area (TPSA) is 66.8 Å². The normalized spacial score (nSPS) is 14.7. The second-order valence-electron chi connectivity index (χ2n) is 3.07. The van der Waals surface area contributed by atoms with E-state index in [0.717, 1.165) is 4.88 Å². The van der Waals surface area contributed by atoms with Crippen molar-refractivity contribution >= 4 is 17.3 Å². The van der Waals surface area contributed by atoms with Crippen molar-refractivity contribution in [3.63, 3.8) is 0 Å². The second kappa shape index (κ2) is 5.25. The van der Waals surface area contributed by atoms with Gasteiger partial charge in [0.25, 0.3) is 0 Å². The zero-order valence-electron chi connectivity index (χ0n) is 8.64. The Labute approximate surface area is 92.1 Å².